The summed E-state index contributed by atoms with van der Waals surface area (Å²) in [7, 11) is 1.83. The van der Waals surface area contributed by atoms with Crippen LogP contribution in [0.25, 0.3) is 0 Å². The Morgan fingerprint density at radius 3 is 3.04 bits per heavy atom. The first-order chi connectivity index (χ1) is 11.1. The van der Waals surface area contributed by atoms with Gasteiger partial charge in [0.2, 0.25) is 5.91 Å². The molecule has 6 nitrogen and oxygen atoms in total. The zero-order valence-electron chi connectivity index (χ0n) is 13.8. The monoisotopic (exact) mass is 316 g/mol. The zero-order valence-corrected chi connectivity index (χ0v) is 13.8. The maximum atomic E-state index is 12.5. The standard InChI is InChI=1S/C17H24N4O2/c1-14-6-7-16(23-14)12-19(2)17(22)13-20-9-3-5-15(20)11-21-10-4-8-18-21/h4,6-8,10,15H,3,5,9,11-13H2,1-2H3/t15-/m1/s1. The van der Waals surface area contributed by atoms with E-state index >= 15 is 0 Å². The topological polar surface area (TPSA) is 54.5 Å². The second-order valence-electron chi connectivity index (χ2n) is 6.26. The van der Waals surface area contributed by atoms with Gasteiger partial charge in [0.1, 0.15) is 11.5 Å². The number of likely N-dealkylation sites (N-methyl/N-ethyl adjacent to an activating group) is 1. The first-order valence-electron chi connectivity index (χ1n) is 8.12. The lowest BCUT2D eigenvalue weighted by atomic mass is 10.2. The van der Waals surface area contributed by atoms with Gasteiger partial charge in [0.25, 0.3) is 0 Å². The summed E-state index contributed by atoms with van der Waals surface area (Å²) >= 11 is 0. The fourth-order valence-corrected chi connectivity index (χ4v) is 3.12. The molecule has 1 aliphatic heterocycles. The van der Waals surface area contributed by atoms with Gasteiger partial charge in [-0.15, -0.1) is 0 Å². The van der Waals surface area contributed by atoms with E-state index in [0.29, 0.717) is 19.1 Å². The van der Waals surface area contributed by atoms with E-state index in [0.717, 1.165) is 37.5 Å². The lowest BCUT2D eigenvalue weighted by Gasteiger charge is -2.26. The highest BCUT2D eigenvalue weighted by Crippen LogP contribution is 2.19. The van der Waals surface area contributed by atoms with Crippen molar-refractivity contribution in [1.29, 1.82) is 0 Å². The summed E-state index contributed by atoms with van der Waals surface area (Å²) < 4.78 is 7.49. The van der Waals surface area contributed by atoms with Gasteiger partial charge in [-0.25, -0.2) is 0 Å². The number of hydrogen-bond acceptors (Lipinski definition) is 4. The molecule has 2 aromatic rings. The average Bonchev–Trinajstić information content (AvgIpc) is 3.24. The highest BCUT2D eigenvalue weighted by molar-refractivity contribution is 5.78. The molecule has 0 bridgehead atoms. The van der Waals surface area contributed by atoms with Gasteiger partial charge in [0.15, 0.2) is 0 Å². The molecular weight excluding hydrogens is 292 g/mol. The van der Waals surface area contributed by atoms with Gasteiger partial charge in [-0.2, -0.15) is 5.10 Å². The third-order valence-corrected chi connectivity index (χ3v) is 4.41. The lowest BCUT2D eigenvalue weighted by molar-refractivity contribution is -0.132. The van der Waals surface area contributed by atoms with Crippen molar-refractivity contribution >= 4 is 5.91 Å². The van der Waals surface area contributed by atoms with Gasteiger partial charge in [0.05, 0.1) is 19.6 Å². The third kappa shape index (κ3) is 4.01. The van der Waals surface area contributed by atoms with Crippen LogP contribution in [-0.4, -0.2) is 51.7 Å². The molecule has 0 saturated carbocycles. The quantitative estimate of drug-likeness (QED) is 0.817. The van der Waals surface area contributed by atoms with Crippen LogP contribution < -0.4 is 0 Å². The smallest absolute Gasteiger partial charge is 0.236 e. The fourth-order valence-electron chi connectivity index (χ4n) is 3.12. The summed E-state index contributed by atoms with van der Waals surface area (Å²) in [5.74, 6) is 1.83. The van der Waals surface area contributed by atoms with Crippen LogP contribution in [0.2, 0.25) is 0 Å². The van der Waals surface area contributed by atoms with E-state index in [2.05, 4.69) is 10.00 Å². The van der Waals surface area contributed by atoms with Crippen molar-refractivity contribution in [2.45, 2.75) is 38.9 Å². The Balaban J connectivity index is 1.53. The summed E-state index contributed by atoms with van der Waals surface area (Å²) in [6, 6.07) is 6.17. The van der Waals surface area contributed by atoms with E-state index in [-0.39, 0.29) is 5.91 Å². The number of aromatic nitrogens is 2. The van der Waals surface area contributed by atoms with Crippen LogP contribution in [0.4, 0.5) is 0 Å². The van der Waals surface area contributed by atoms with Crippen molar-refractivity contribution in [2.75, 3.05) is 20.1 Å². The van der Waals surface area contributed by atoms with Gasteiger partial charge in [0, 0.05) is 25.5 Å². The molecule has 0 aromatic carbocycles. The van der Waals surface area contributed by atoms with Gasteiger partial charge in [-0.1, -0.05) is 0 Å². The Morgan fingerprint density at radius 2 is 2.35 bits per heavy atom. The minimum Gasteiger partial charge on any atom is -0.464 e. The van der Waals surface area contributed by atoms with Gasteiger partial charge in [-0.3, -0.25) is 14.4 Å². The summed E-state index contributed by atoms with van der Waals surface area (Å²) in [5.41, 5.74) is 0. The van der Waals surface area contributed by atoms with E-state index in [4.69, 9.17) is 4.42 Å². The molecule has 1 fully saturated rings. The van der Waals surface area contributed by atoms with E-state index < -0.39 is 0 Å². The Labute approximate surface area is 136 Å². The van der Waals surface area contributed by atoms with Crippen LogP contribution in [0.15, 0.2) is 35.0 Å². The highest BCUT2D eigenvalue weighted by Gasteiger charge is 2.27. The van der Waals surface area contributed by atoms with Crippen molar-refractivity contribution < 1.29 is 9.21 Å². The van der Waals surface area contributed by atoms with Crippen LogP contribution in [0.3, 0.4) is 0 Å². The molecule has 124 valence electrons. The number of furan rings is 1. The molecule has 1 atom stereocenters. The maximum Gasteiger partial charge on any atom is 0.236 e. The number of rotatable bonds is 6. The molecule has 3 rings (SSSR count). The molecule has 1 saturated heterocycles. The van der Waals surface area contributed by atoms with Crippen LogP contribution >= 0.6 is 0 Å². The number of aryl methyl sites for hydroxylation is 1. The minimum atomic E-state index is 0.131. The van der Waals surface area contributed by atoms with Gasteiger partial charge >= 0.3 is 0 Å². The first-order valence-corrected chi connectivity index (χ1v) is 8.12. The molecule has 6 heteroatoms. The fraction of sp³-hybridized carbons (Fsp3) is 0.529. The molecule has 0 aliphatic carbocycles. The zero-order chi connectivity index (χ0) is 16.2. The predicted octanol–water partition coefficient (Wildman–Crippen LogP) is 1.91. The summed E-state index contributed by atoms with van der Waals surface area (Å²) in [4.78, 5) is 16.5. The predicted molar refractivity (Wildman–Crippen MR) is 86.7 cm³/mol. The van der Waals surface area contributed by atoms with Crippen LogP contribution in [0, 0.1) is 6.92 Å². The van der Waals surface area contributed by atoms with Crippen molar-refractivity contribution in [3.8, 4) is 0 Å². The molecule has 0 radical (unpaired) electrons. The highest BCUT2D eigenvalue weighted by atomic mass is 16.3. The molecular formula is C17H24N4O2. The van der Waals surface area contributed by atoms with Crippen LogP contribution in [0.5, 0.6) is 0 Å². The SMILES string of the molecule is Cc1ccc(CN(C)C(=O)CN2CCC[C@@H]2Cn2cccn2)o1. The number of hydrogen-bond donors (Lipinski definition) is 0. The average molecular weight is 316 g/mol. The number of likely N-dealkylation sites (tertiary alicyclic amines) is 1. The van der Waals surface area contributed by atoms with Crippen molar-refractivity contribution in [1.82, 2.24) is 19.6 Å². The molecule has 0 spiro atoms. The molecule has 0 N–H and O–H groups in total. The van der Waals surface area contributed by atoms with Crippen molar-refractivity contribution in [3.63, 3.8) is 0 Å². The summed E-state index contributed by atoms with van der Waals surface area (Å²) in [6.07, 6.45) is 6.03. The number of carbonyl (C=O) groups is 1. The molecule has 1 amide bonds. The first kappa shape index (κ1) is 15.8. The Hall–Kier alpha value is -2.08. The molecule has 2 aromatic heterocycles. The van der Waals surface area contributed by atoms with Crippen LogP contribution in [0.1, 0.15) is 24.4 Å². The Morgan fingerprint density at radius 1 is 1.48 bits per heavy atom. The maximum absolute atomic E-state index is 12.5. The molecule has 1 aliphatic rings. The normalized spacial score (nSPS) is 18.4. The number of carbonyl (C=O) groups excluding carboxylic acids is 1. The second kappa shape index (κ2) is 7.00. The largest absolute Gasteiger partial charge is 0.464 e. The molecule has 23 heavy (non-hydrogen) atoms. The minimum absolute atomic E-state index is 0.131. The Kier molecular flexibility index (Phi) is 4.81. The molecule has 0 unspecified atom stereocenters. The second-order valence-corrected chi connectivity index (χ2v) is 6.26. The summed E-state index contributed by atoms with van der Waals surface area (Å²) in [5, 5.41) is 4.27. The molecule has 3 heterocycles. The van der Waals surface area contributed by atoms with Crippen LogP contribution in [-0.2, 0) is 17.9 Å². The van der Waals surface area contributed by atoms with Gasteiger partial charge < -0.3 is 9.32 Å². The van der Waals surface area contributed by atoms with E-state index in [9.17, 15) is 4.79 Å². The lowest BCUT2D eigenvalue weighted by Crippen LogP contribution is -2.41. The summed E-state index contributed by atoms with van der Waals surface area (Å²) in [6.45, 7) is 4.72. The van der Waals surface area contributed by atoms with Gasteiger partial charge in [-0.05, 0) is 44.5 Å². The Bertz CT molecular complexity index is 635. The van der Waals surface area contributed by atoms with E-state index in [1.165, 1.54) is 0 Å². The number of nitrogens with zero attached hydrogens (tertiary/aromatic N) is 4. The van der Waals surface area contributed by atoms with E-state index in [1.54, 1.807) is 11.1 Å². The van der Waals surface area contributed by atoms with Crippen molar-refractivity contribution in [3.05, 3.63) is 42.1 Å². The van der Waals surface area contributed by atoms with Crippen molar-refractivity contribution in [2.24, 2.45) is 0 Å². The third-order valence-electron chi connectivity index (χ3n) is 4.41. The number of amides is 1. The van der Waals surface area contributed by atoms with E-state index in [1.807, 2.05) is 43.0 Å².